The molecule has 0 saturated heterocycles. The summed E-state index contributed by atoms with van der Waals surface area (Å²) in [5.74, 6) is 0.158. The van der Waals surface area contributed by atoms with Gasteiger partial charge in [-0.25, -0.2) is 8.42 Å². The van der Waals surface area contributed by atoms with Crippen LogP contribution in [-0.2, 0) is 21.2 Å². The van der Waals surface area contributed by atoms with E-state index in [1.807, 2.05) is 18.2 Å². The minimum absolute atomic E-state index is 0.0547. The highest BCUT2D eigenvalue weighted by atomic mass is 35.5. The van der Waals surface area contributed by atoms with Gasteiger partial charge in [0.2, 0.25) is 5.91 Å². The van der Waals surface area contributed by atoms with Gasteiger partial charge in [0.25, 0.3) is 10.0 Å². The van der Waals surface area contributed by atoms with E-state index in [2.05, 4.69) is 11.4 Å². The number of halogens is 1. The van der Waals surface area contributed by atoms with Gasteiger partial charge in [-0.1, -0.05) is 41.9 Å². The highest BCUT2D eigenvalue weighted by Crippen LogP contribution is 2.30. The minimum atomic E-state index is -4.03. The van der Waals surface area contributed by atoms with E-state index in [1.54, 1.807) is 30.3 Å². The van der Waals surface area contributed by atoms with Crippen molar-refractivity contribution in [1.82, 2.24) is 5.32 Å². The summed E-state index contributed by atoms with van der Waals surface area (Å²) in [4.78, 5) is 13.2. The van der Waals surface area contributed by atoms with Gasteiger partial charge in [-0.2, -0.15) is 0 Å². The zero-order valence-electron chi connectivity index (χ0n) is 18.2. The molecule has 0 aromatic heterocycles. The summed E-state index contributed by atoms with van der Waals surface area (Å²) in [6.45, 7) is -0.368. The standard InChI is InChI=1S/C25H25ClN2O4S/c1-32-21-12-14-22(15-13-21)33(30,31)28(20-9-5-8-19(26)16-20)17-25(29)27-24-11-4-7-18-6-2-3-10-23(18)24/h2-3,5-6,8-10,12-16,24H,4,7,11,17H2,1H3,(H,27,29)/t24-/m0/s1. The summed E-state index contributed by atoms with van der Waals surface area (Å²) in [6.07, 6.45) is 2.75. The van der Waals surface area contributed by atoms with Gasteiger partial charge in [0.05, 0.1) is 23.7 Å². The Balaban J connectivity index is 1.62. The number of anilines is 1. The zero-order chi connectivity index (χ0) is 23.4. The Hall–Kier alpha value is -3.03. The van der Waals surface area contributed by atoms with Crippen LogP contribution in [0.3, 0.4) is 0 Å². The monoisotopic (exact) mass is 484 g/mol. The van der Waals surface area contributed by atoms with Crippen LogP contribution in [0.5, 0.6) is 5.75 Å². The van der Waals surface area contributed by atoms with Crippen LogP contribution in [0.25, 0.3) is 0 Å². The minimum Gasteiger partial charge on any atom is -0.497 e. The number of methoxy groups -OCH3 is 1. The highest BCUT2D eigenvalue weighted by molar-refractivity contribution is 7.92. The number of nitrogens with zero attached hydrogens (tertiary/aromatic N) is 1. The molecular weight excluding hydrogens is 460 g/mol. The van der Waals surface area contributed by atoms with Crippen LogP contribution in [0.15, 0.2) is 77.7 Å². The van der Waals surface area contributed by atoms with E-state index in [1.165, 1.54) is 30.9 Å². The average Bonchev–Trinajstić information content (AvgIpc) is 2.83. The third-order valence-corrected chi connectivity index (χ3v) is 7.76. The lowest BCUT2D eigenvalue weighted by Crippen LogP contribution is -2.42. The molecule has 0 fully saturated rings. The average molecular weight is 485 g/mol. The Kier molecular flexibility index (Phi) is 6.91. The van der Waals surface area contributed by atoms with Gasteiger partial charge in [0.15, 0.2) is 0 Å². The second-order valence-electron chi connectivity index (χ2n) is 7.88. The molecule has 0 spiro atoms. The van der Waals surface area contributed by atoms with Crippen molar-refractivity contribution < 1.29 is 17.9 Å². The first kappa shape index (κ1) is 23.1. The van der Waals surface area contributed by atoms with E-state index >= 15 is 0 Å². The molecule has 1 aliphatic rings. The van der Waals surface area contributed by atoms with Gasteiger partial charge in [0, 0.05) is 5.02 Å². The van der Waals surface area contributed by atoms with Crippen LogP contribution in [-0.4, -0.2) is 28.0 Å². The van der Waals surface area contributed by atoms with Gasteiger partial charge in [-0.05, 0) is 72.9 Å². The molecule has 6 nitrogen and oxygen atoms in total. The normalized spacial score (nSPS) is 15.4. The zero-order valence-corrected chi connectivity index (χ0v) is 19.8. The summed E-state index contributed by atoms with van der Waals surface area (Å²) >= 11 is 6.13. The smallest absolute Gasteiger partial charge is 0.264 e. The van der Waals surface area contributed by atoms with E-state index in [0.29, 0.717) is 16.5 Å². The molecule has 0 unspecified atom stereocenters. The lowest BCUT2D eigenvalue weighted by molar-refractivity contribution is -0.120. The summed E-state index contributed by atoms with van der Waals surface area (Å²) < 4.78 is 33.3. The summed E-state index contributed by atoms with van der Waals surface area (Å²) in [5, 5.41) is 3.41. The Labute approximate surface area is 199 Å². The molecule has 4 rings (SSSR count). The predicted octanol–water partition coefficient (Wildman–Crippen LogP) is 4.74. The summed E-state index contributed by atoms with van der Waals surface area (Å²) in [6, 6.07) is 20.4. The molecule has 1 amide bonds. The fourth-order valence-electron chi connectivity index (χ4n) is 4.10. The van der Waals surface area contributed by atoms with Gasteiger partial charge in [-0.3, -0.25) is 9.10 Å². The Morgan fingerprint density at radius 1 is 1.09 bits per heavy atom. The topological polar surface area (TPSA) is 75.7 Å². The summed E-state index contributed by atoms with van der Waals surface area (Å²) in [5.41, 5.74) is 2.62. The fourth-order valence-corrected chi connectivity index (χ4v) is 5.69. The molecule has 3 aromatic carbocycles. The van der Waals surface area contributed by atoms with Gasteiger partial charge < -0.3 is 10.1 Å². The third-order valence-electron chi connectivity index (χ3n) is 5.74. The number of nitrogens with one attached hydrogen (secondary N) is 1. The molecule has 0 radical (unpaired) electrons. The number of hydrogen-bond acceptors (Lipinski definition) is 4. The van der Waals surface area contributed by atoms with E-state index in [4.69, 9.17) is 16.3 Å². The Morgan fingerprint density at radius 2 is 1.85 bits per heavy atom. The Morgan fingerprint density at radius 3 is 2.58 bits per heavy atom. The molecule has 33 heavy (non-hydrogen) atoms. The van der Waals surface area contributed by atoms with E-state index in [0.717, 1.165) is 29.1 Å². The number of carbonyl (C=O) groups excluding carboxylic acids is 1. The highest BCUT2D eigenvalue weighted by Gasteiger charge is 2.29. The van der Waals surface area contributed by atoms with Crippen molar-refractivity contribution >= 4 is 33.2 Å². The lowest BCUT2D eigenvalue weighted by atomic mass is 9.88. The number of hydrogen-bond donors (Lipinski definition) is 1. The molecule has 8 heteroatoms. The van der Waals surface area contributed by atoms with Crippen LogP contribution in [0, 0.1) is 0 Å². The van der Waals surface area contributed by atoms with Crippen molar-refractivity contribution in [3.63, 3.8) is 0 Å². The molecular formula is C25H25ClN2O4S. The van der Waals surface area contributed by atoms with Crippen molar-refractivity contribution in [2.75, 3.05) is 18.0 Å². The maximum absolute atomic E-state index is 13.5. The maximum atomic E-state index is 13.5. The molecule has 0 aliphatic heterocycles. The van der Waals surface area contributed by atoms with E-state index in [9.17, 15) is 13.2 Å². The largest absolute Gasteiger partial charge is 0.497 e. The first-order valence-corrected chi connectivity index (χ1v) is 12.5. The van der Waals surface area contributed by atoms with Crippen molar-refractivity contribution in [3.8, 4) is 5.75 Å². The second-order valence-corrected chi connectivity index (χ2v) is 10.2. The molecule has 1 atom stereocenters. The molecule has 0 saturated carbocycles. The van der Waals surface area contributed by atoms with Crippen molar-refractivity contribution in [3.05, 3.63) is 88.9 Å². The number of carbonyl (C=O) groups is 1. The quantitative estimate of drug-likeness (QED) is 0.525. The molecule has 172 valence electrons. The summed E-state index contributed by atoms with van der Waals surface area (Å²) in [7, 11) is -2.52. The van der Waals surface area contributed by atoms with Crippen molar-refractivity contribution in [2.45, 2.75) is 30.2 Å². The van der Waals surface area contributed by atoms with Crippen LogP contribution >= 0.6 is 11.6 Å². The molecule has 3 aromatic rings. The van der Waals surface area contributed by atoms with E-state index < -0.39 is 10.0 Å². The SMILES string of the molecule is COc1ccc(S(=O)(=O)N(CC(=O)N[C@H]2CCCc3ccccc32)c2cccc(Cl)c2)cc1. The molecule has 1 N–H and O–H groups in total. The van der Waals surface area contributed by atoms with Crippen LogP contribution < -0.4 is 14.4 Å². The first-order valence-electron chi connectivity index (χ1n) is 10.7. The van der Waals surface area contributed by atoms with E-state index in [-0.39, 0.29) is 23.4 Å². The van der Waals surface area contributed by atoms with Crippen LogP contribution in [0.4, 0.5) is 5.69 Å². The number of sulfonamides is 1. The van der Waals surface area contributed by atoms with Crippen LogP contribution in [0.1, 0.15) is 30.0 Å². The second kappa shape index (κ2) is 9.85. The van der Waals surface area contributed by atoms with Crippen molar-refractivity contribution in [2.24, 2.45) is 0 Å². The number of amides is 1. The molecule has 0 bridgehead atoms. The predicted molar refractivity (Wildman–Crippen MR) is 129 cm³/mol. The van der Waals surface area contributed by atoms with Gasteiger partial charge >= 0.3 is 0 Å². The number of fused-ring (bicyclic) bond motifs is 1. The van der Waals surface area contributed by atoms with Gasteiger partial charge in [0.1, 0.15) is 12.3 Å². The van der Waals surface area contributed by atoms with Crippen LogP contribution in [0.2, 0.25) is 5.02 Å². The number of benzene rings is 3. The van der Waals surface area contributed by atoms with Crippen molar-refractivity contribution in [1.29, 1.82) is 0 Å². The maximum Gasteiger partial charge on any atom is 0.264 e. The molecule has 0 heterocycles. The third kappa shape index (κ3) is 5.15. The lowest BCUT2D eigenvalue weighted by Gasteiger charge is -2.29. The Bertz CT molecular complexity index is 1250. The first-order chi connectivity index (χ1) is 15.9. The number of rotatable bonds is 7. The fraction of sp³-hybridized carbons (Fsp3) is 0.240. The number of ether oxygens (including phenoxy) is 1. The molecule has 1 aliphatic carbocycles. The van der Waals surface area contributed by atoms with Gasteiger partial charge in [-0.15, -0.1) is 0 Å². The number of aryl methyl sites for hydroxylation is 1.